The van der Waals surface area contributed by atoms with Crippen molar-refractivity contribution in [2.24, 2.45) is 0 Å². The molecule has 0 unspecified atom stereocenters. The van der Waals surface area contributed by atoms with Crippen molar-refractivity contribution in [3.63, 3.8) is 0 Å². The molecule has 2 nitrogen and oxygen atoms in total. The number of benzene rings is 4. The van der Waals surface area contributed by atoms with Crippen LogP contribution in [0, 0.1) is 11.6 Å². The molecule has 0 spiro atoms. The van der Waals surface area contributed by atoms with Gasteiger partial charge in [-0.25, -0.2) is 8.78 Å². The van der Waals surface area contributed by atoms with Crippen LogP contribution in [0.5, 0.6) is 11.5 Å². The SMILES string of the molecule is CCCOc1ccc(-c2ccc3c(F)c(CCc4ccc(OCC(F)(F)F)cc4)ccc3c2)c(F)c1. The second-order valence-corrected chi connectivity index (χ2v) is 8.51. The van der Waals surface area contributed by atoms with Gasteiger partial charge in [0.1, 0.15) is 23.1 Å². The van der Waals surface area contributed by atoms with Crippen LogP contribution in [0.1, 0.15) is 24.5 Å². The summed E-state index contributed by atoms with van der Waals surface area (Å²) in [7, 11) is 0. The van der Waals surface area contributed by atoms with E-state index in [1.165, 1.54) is 18.2 Å². The van der Waals surface area contributed by atoms with Gasteiger partial charge < -0.3 is 9.47 Å². The molecule has 0 heterocycles. The van der Waals surface area contributed by atoms with E-state index in [2.05, 4.69) is 0 Å². The molecule has 188 valence electrons. The summed E-state index contributed by atoms with van der Waals surface area (Å²) in [6.45, 7) is 1.14. The zero-order valence-corrected chi connectivity index (χ0v) is 19.7. The predicted octanol–water partition coefficient (Wildman–Crippen LogP) is 8.30. The molecule has 4 aromatic carbocycles. The van der Waals surface area contributed by atoms with Crippen LogP contribution in [-0.2, 0) is 12.8 Å². The minimum absolute atomic E-state index is 0.128. The Morgan fingerprint density at radius 1 is 0.750 bits per heavy atom. The van der Waals surface area contributed by atoms with Gasteiger partial charge in [0.15, 0.2) is 6.61 Å². The second-order valence-electron chi connectivity index (χ2n) is 8.51. The highest BCUT2D eigenvalue weighted by atomic mass is 19.4. The van der Waals surface area contributed by atoms with Crippen LogP contribution < -0.4 is 9.47 Å². The van der Waals surface area contributed by atoms with Gasteiger partial charge in [0, 0.05) is 17.0 Å². The van der Waals surface area contributed by atoms with Crippen molar-refractivity contribution in [3.05, 3.63) is 95.6 Å². The number of alkyl halides is 3. The first-order valence-electron chi connectivity index (χ1n) is 11.7. The minimum Gasteiger partial charge on any atom is -0.494 e. The van der Waals surface area contributed by atoms with Crippen LogP contribution in [0.25, 0.3) is 21.9 Å². The molecule has 4 aromatic rings. The third kappa shape index (κ3) is 6.33. The molecule has 4 rings (SSSR count). The Morgan fingerprint density at radius 2 is 1.50 bits per heavy atom. The van der Waals surface area contributed by atoms with Crippen molar-refractivity contribution in [1.29, 1.82) is 0 Å². The summed E-state index contributed by atoms with van der Waals surface area (Å²) < 4.78 is 76.9. The molecule has 0 saturated carbocycles. The molecule has 0 aliphatic rings. The molecule has 0 atom stereocenters. The van der Waals surface area contributed by atoms with Gasteiger partial charge in [-0.15, -0.1) is 0 Å². The normalized spacial score (nSPS) is 11.6. The monoisotopic (exact) mass is 500 g/mol. The summed E-state index contributed by atoms with van der Waals surface area (Å²) in [4.78, 5) is 0. The van der Waals surface area contributed by atoms with Gasteiger partial charge >= 0.3 is 6.18 Å². The second kappa shape index (κ2) is 11.0. The lowest BCUT2D eigenvalue weighted by molar-refractivity contribution is -0.153. The molecular weight excluding hydrogens is 475 g/mol. The zero-order chi connectivity index (χ0) is 25.7. The summed E-state index contributed by atoms with van der Waals surface area (Å²) in [5, 5.41) is 1.10. The standard InChI is InChI=1S/C29H25F5O2/c1-2-15-35-24-12-14-25(27(30)17-24)21-9-13-26-22(16-21)8-7-20(28(26)31)6-3-19-4-10-23(11-5-19)36-18-29(32,33)34/h4-5,7-14,16-17H,2-3,6,15,18H2,1H3. The summed E-state index contributed by atoms with van der Waals surface area (Å²) in [5.74, 6) is -0.149. The average Bonchev–Trinajstić information content (AvgIpc) is 2.86. The molecule has 0 saturated heterocycles. The smallest absolute Gasteiger partial charge is 0.422 e. The van der Waals surface area contributed by atoms with E-state index in [9.17, 15) is 17.6 Å². The lowest BCUT2D eigenvalue weighted by atomic mass is 9.97. The fourth-order valence-corrected chi connectivity index (χ4v) is 3.93. The van der Waals surface area contributed by atoms with Gasteiger partial charge in [0.2, 0.25) is 0 Å². The Bertz CT molecular complexity index is 1330. The Balaban J connectivity index is 1.46. The fourth-order valence-electron chi connectivity index (χ4n) is 3.93. The van der Waals surface area contributed by atoms with Crippen molar-refractivity contribution < 1.29 is 31.4 Å². The number of halogens is 5. The molecule has 0 fully saturated rings. The van der Waals surface area contributed by atoms with Crippen LogP contribution >= 0.6 is 0 Å². The lowest BCUT2D eigenvalue weighted by Crippen LogP contribution is -2.19. The van der Waals surface area contributed by atoms with Crippen LogP contribution in [-0.4, -0.2) is 19.4 Å². The van der Waals surface area contributed by atoms with Crippen LogP contribution in [0.3, 0.4) is 0 Å². The van der Waals surface area contributed by atoms with E-state index in [0.717, 1.165) is 12.0 Å². The molecule has 0 N–H and O–H groups in total. The van der Waals surface area contributed by atoms with E-state index < -0.39 is 18.6 Å². The molecular formula is C29H25F5O2. The zero-order valence-electron chi connectivity index (χ0n) is 19.7. The van der Waals surface area contributed by atoms with Crippen LogP contribution in [0.4, 0.5) is 22.0 Å². The van der Waals surface area contributed by atoms with Crippen molar-refractivity contribution >= 4 is 10.8 Å². The molecule has 0 radical (unpaired) electrons. The first-order valence-corrected chi connectivity index (χ1v) is 11.7. The van der Waals surface area contributed by atoms with E-state index in [0.29, 0.717) is 52.7 Å². The van der Waals surface area contributed by atoms with Gasteiger partial charge in [0.05, 0.1) is 6.61 Å². The maximum Gasteiger partial charge on any atom is 0.422 e. The summed E-state index contributed by atoms with van der Waals surface area (Å²) in [6, 6.07) is 19.6. The minimum atomic E-state index is -4.39. The number of ether oxygens (including phenoxy) is 2. The Hall–Kier alpha value is -3.61. The van der Waals surface area contributed by atoms with Crippen LogP contribution in [0.2, 0.25) is 0 Å². The first-order chi connectivity index (χ1) is 17.2. The van der Waals surface area contributed by atoms with E-state index in [4.69, 9.17) is 9.47 Å². The van der Waals surface area contributed by atoms with Crippen molar-refractivity contribution in [3.8, 4) is 22.6 Å². The van der Waals surface area contributed by atoms with Crippen molar-refractivity contribution in [2.75, 3.05) is 13.2 Å². The summed E-state index contributed by atoms with van der Waals surface area (Å²) >= 11 is 0. The number of aryl methyl sites for hydroxylation is 2. The van der Waals surface area contributed by atoms with Gasteiger partial charge in [-0.05, 0) is 71.7 Å². The largest absolute Gasteiger partial charge is 0.494 e. The van der Waals surface area contributed by atoms with E-state index in [-0.39, 0.29) is 11.6 Å². The number of hydrogen-bond acceptors (Lipinski definition) is 2. The van der Waals surface area contributed by atoms with E-state index in [1.807, 2.05) is 13.0 Å². The molecule has 0 aliphatic heterocycles. The third-order valence-electron chi connectivity index (χ3n) is 5.77. The average molecular weight is 501 g/mol. The van der Waals surface area contributed by atoms with Gasteiger partial charge in [-0.2, -0.15) is 13.2 Å². The molecule has 0 aliphatic carbocycles. The Kier molecular flexibility index (Phi) is 7.77. The highest BCUT2D eigenvalue weighted by Crippen LogP contribution is 2.31. The lowest BCUT2D eigenvalue weighted by Gasteiger charge is -2.11. The van der Waals surface area contributed by atoms with E-state index >= 15 is 4.39 Å². The van der Waals surface area contributed by atoms with Gasteiger partial charge in [-0.1, -0.05) is 43.3 Å². The highest BCUT2D eigenvalue weighted by molar-refractivity contribution is 5.88. The highest BCUT2D eigenvalue weighted by Gasteiger charge is 2.28. The van der Waals surface area contributed by atoms with Crippen molar-refractivity contribution in [1.82, 2.24) is 0 Å². The maximum absolute atomic E-state index is 15.2. The van der Waals surface area contributed by atoms with Crippen LogP contribution in [0.15, 0.2) is 72.8 Å². The fraction of sp³-hybridized carbons (Fsp3) is 0.241. The maximum atomic E-state index is 15.2. The van der Waals surface area contributed by atoms with Crippen molar-refractivity contribution in [2.45, 2.75) is 32.4 Å². The number of hydrogen-bond donors (Lipinski definition) is 0. The Labute approximate surface area is 206 Å². The number of rotatable bonds is 9. The quantitative estimate of drug-likeness (QED) is 0.215. The first kappa shape index (κ1) is 25.5. The molecule has 0 aromatic heterocycles. The molecule has 0 bridgehead atoms. The topological polar surface area (TPSA) is 18.5 Å². The van der Waals surface area contributed by atoms with Gasteiger partial charge in [-0.3, -0.25) is 0 Å². The third-order valence-corrected chi connectivity index (χ3v) is 5.77. The summed E-state index contributed by atoms with van der Waals surface area (Å²) in [5.41, 5.74) is 2.43. The molecule has 7 heteroatoms. The van der Waals surface area contributed by atoms with Gasteiger partial charge in [0.25, 0.3) is 0 Å². The summed E-state index contributed by atoms with van der Waals surface area (Å²) in [6.07, 6.45) is -2.64. The molecule has 0 amide bonds. The van der Waals surface area contributed by atoms with E-state index in [1.54, 1.807) is 48.5 Å². The predicted molar refractivity (Wildman–Crippen MR) is 130 cm³/mol. The Morgan fingerprint density at radius 3 is 2.19 bits per heavy atom. The number of fused-ring (bicyclic) bond motifs is 1. The molecule has 36 heavy (non-hydrogen) atoms.